The molecule has 0 unspecified atom stereocenters. The predicted molar refractivity (Wildman–Crippen MR) is 59.0 cm³/mol. The second-order valence-electron chi connectivity index (χ2n) is 3.75. The van der Waals surface area contributed by atoms with E-state index in [0.717, 1.165) is 12.1 Å². The lowest BCUT2D eigenvalue weighted by Crippen LogP contribution is -2.25. The maximum atomic E-state index is 13.0. The molecule has 0 radical (unpaired) electrons. The third-order valence-corrected chi connectivity index (χ3v) is 2.45. The highest BCUT2D eigenvalue weighted by atomic mass is 19.2. The van der Waals surface area contributed by atoms with Crippen molar-refractivity contribution in [1.82, 2.24) is 5.32 Å². The van der Waals surface area contributed by atoms with Crippen LogP contribution in [0, 0.1) is 28.8 Å². The van der Waals surface area contributed by atoms with E-state index < -0.39 is 23.5 Å². The molecule has 98 valence electrons. The second-order valence-corrected chi connectivity index (χ2v) is 3.75. The van der Waals surface area contributed by atoms with Crippen molar-refractivity contribution in [1.29, 1.82) is 5.26 Å². The maximum Gasteiger partial charge on any atom is 0.194 e. The Labute approximate surface area is 103 Å². The summed E-state index contributed by atoms with van der Waals surface area (Å²) in [5.74, 6) is -4.11. The van der Waals surface area contributed by atoms with Gasteiger partial charge in [0.05, 0.1) is 18.7 Å². The van der Waals surface area contributed by atoms with Crippen molar-refractivity contribution < 1.29 is 18.3 Å². The molecule has 0 fully saturated rings. The van der Waals surface area contributed by atoms with E-state index in [1.807, 2.05) is 6.07 Å². The van der Waals surface area contributed by atoms with Gasteiger partial charge in [-0.2, -0.15) is 5.26 Å². The zero-order chi connectivity index (χ0) is 13.5. The molecule has 0 saturated heterocycles. The van der Waals surface area contributed by atoms with Gasteiger partial charge in [0, 0.05) is 6.42 Å². The van der Waals surface area contributed by atoms with Crippen LogP contribution < -0.4 is 5.32 Å². The smallest absolute Gasteiger partial charge is 0.194 e. The number of aliphatic hydroxyl groups is 1. The molecule has 0 spiro atoms. The van der Waals surface area contributed by atoms with Crippen LogP contribution in [0.25, 0.3) is 0 Å². The Kier molecular flexibility index (Phi) is 5.62. The largest absolute Gasteiger partial charge is 0.394 e. The van der Waals surface area contributed by atoms with Gasteiger partial charge in [0.25, 0.3) is 0 Å². The van der Waals surface area contributed by atoms with Crippen molar-refractivity contribution in [3.8, 4) is 6.07 Å². The minimum Gasteiger partial charge on any atom is -0.394 e. The Bertz CT molecular complexity index is 422. The van der Waals surface area contributed by atoms with Gasteiger partial charge >= 0.3 is 0 Å². The molecule has 1 aromatic carbocycles. The van der Waals surface area contributed by atoms with Crippen molar-refractivity contribution in [2.75, 3.05) is 13.2 Å². The van der Waals surface area contributed by atoms with E-state index in [0.29, 0.717) is 19.4 Å². The molecule has 0 aliphatic heterocycles. The van der Waals surface area contributed by atoms with Crippen molar-refractivity contribution >= 4 is 0 Å². The number of nitrogens with one attached hydrogen (secondary N) is 1. The Balaban J connectivity index is 2.73. The average molecular weight is 258 g/mol. The van der Waals surface area contributed by atoms with E-state index in [1.165, 1.54) is 0 Å². The van der Waals surface area contributed by atoms with Gasteiger partial charge in [-0.05, 0) is 30.7 Å². The number of nitrogens with zero attached hydrogens (tertiary/aromatic N) is 1. The fraction of sp³-hybridized carbons (Fsp3) is 0.417. The molecule has 3 nitrogen and oxygen atoms in total. The summed E-state index contributed by atoms with van der Waals surface area (Å²) in [6, 6.07) is 2.95. The molecule has 2 N–H and O–H groups in total. The van der Waals surface area contributed by atoms with Crippen LogP contribution in [0.15, 0.2) is 12.1 Å². The van der Waals surface area contributed by atoms with E-state index in [1.54, 1.807) is 0 Å². The van der Waals surface area contributed by atoms with Crippen molar-refractivity contribution in [2.24, 2.45) is 0 Å². The van der Waals surface area contributed by atoms with Crippen molar-refractivity contribution in [3.05, 3.63) is 35.1 Å². The van der Waals surface area contributed by atoms with E-state index in [2.05, 4.69) is 5.32 Å². The maximum absolute atomic E-state index is 13.0. The summed E-state index contributed by atoms with van der Waals surface area (Å²) in [4.78, 5) is 0. The van der Waals surface area contributed by atoms with Gasteiger partial charge < -0.3 is 10.4 Å². The van der Waals surface area contributed by atoms with Crippen molar-refractivity contribution in [3.63, 3.8) is 0 Å². The first-order valence-electron chi connectivity index (χ1n) is 5.45. The van der Waals surface area contributed by atoms with Gasteiger partial charge in [0.15, 0.2) is 17.5 Å². The third kappa shape index (κ3) is 3.72. The molecule has 1 atom stereocenters. The molecule has 6 heteroatoms. The van der Waals surface area contributed by atoms with Gasteiger partial charge in [-0.15, -0.1) is 0 Å². The Morgan fingerprint density at radius 3 is 2.39 bits per heavy atom. The first kappa shape index (κ1) is 14.5. The molecule has 0 aromatic heterocycles. The summed E-state index contributed by atoms with van der Waals surface area (Å²) < 4.78 is 38.8. The van der Waals surface area contributed by atoms with Crippen LogP contribution in [-0.2, 0) is 0 Å². The Morgan fingerprint density at radius 1 is 1.28 bits per heavy atom. The molecule has 0 bridgehead atoms. The van der Waals surface area contributed by atoms with Gasteiger partial charge in [-0.1, -0.05) is 0 Å². The van der Waals surface area contributed by atoms with Crippen LogP contribution in [0.5, 0.6) is 0 Å². The van der Waals surface area contributed by atoms with Crippen LogP contribution in [0.1, 0.15) is 24.4 Å². The van der Waals surface area contributed by atoms with Gasteiger partial charge in [-0.3, -0.25) is 0 Å². The zero-order valence-electron chi connectivity index (χ0n) is 9.59. The summed E-state index contributed by atoms with van der Waals surface area (Å²) >= 11 is 0. The molecule has 18 heavy (non-hydrogen) atoms. The lowest BCUT2D eigenvalue weighted by atomic mass is 10.1. The molecule has 1 rings (SSSR count). The predicted octanol–water partition coefficient (Wildman–Crippen LogP) is 2.03. The molecule has 0 amide bonds. The summed E-state index contributed by atoms with van der Waals surface area (Å²) in [5.41, 5.74) is 0.130. The lowest BCUT2D eigenvalue weighted by Gasteiger charge is -2.16. The molecule has 1 aromatic rings. The third-order valence-electron chi connectivity index (χ3n) is 2.45. The highest BCUT2D eigenvalue weighted by Crippen LogP contribution is 2.19. The van der Waals surface area contributed by atoms with Gasteiger partial charge in [0.2, 0.25) is 0 Å². The van der Waals surface area contributed by atoms with Crippen LogP contribution in [0.2, 0.25) is 0 Å². The number of nitriles is 1. The second kappa shape index (κ2) is 6.99. The van der Waals surface area contributed by atoms with Gasteiger partial charge in [0.1, 0.15) is 0 Å². The fourth-order valence-electron chi connectivity index (χ4n) is 1.51. The topological polar surface area (TPSA) is 56.0 Å². The first-order valence-corrected chi connectivity index (χ1v) is 5.45. The molecule has 0 heterocycles. The number of hydrogen-bond acceptors (Lipinski definition) is 3. The van der Waals surface area contributed by atoms with Crippen LogP contribution >= 0.6 is 0 Å². The summed E-state index contributed by atoms with van der Waals surface area (Å²) in [6.45, 7) is 0.0382. The molecule has 0 saturated carbocycles. The highest BCUT2D eigenvalue weighted by Gasteiger charge is 2.16. The SMILES string of the molecule is N#CCCCN[C@@H](CO)c1cc(F)c(F)c(F)c1. The molecular formula is C12H13F3N2O. The Morgan fingerprint density at radius 2 is 1.89 bits per heavy atom. The van der Waals surface area contributed by atoms with Crippen LogP contribution in [0.3, 0.4) is 0 Å². The molecule has 0 aliphatic carbocycles. The van der Waals surface area contributed by atoms with Crippen LogP contribution in [-0.4, -0.2) is 18.3 Å². The number of hydrogen-bond donors (Lipinski definition) is 2. The van der Waals surface area contributed by atoms with Crippen molar-refractivity contribution in [2.45, 2.75) is 18.9 Å². The van der Waals surface area contributed by atoms with Gasteiger partial charge in [-0.25, -0.2) is 13.2 Å². The summed E-state index contributed by atoms with van der Waals surface area (Å²) in [6.07, 6.45) is 0.899. The van der Waals surface area contributed by atoms with E-state index in [9.17, 15) is 13.2 Å². The summed E-state index contributed by atoms with van der Waals surface area (Å²) in [5, 5.41) is 20.3. The quantitative estimate of drug-likeness (QED) is 0.606. The lowest BCUT2D eigenvalue weighted by molar-refractivity contribution is 0.243. The van der Waals surface area contributed by atoms with E-state index >= 15 is 0 Å². The molecular weight excluding hydrogens is 245 g/mol. The van der Waals surface area contributed by atoms with E-state index in [4.69, 9.17) is 10.4 Å². The minimum absolute atomic E-state index is 0.130. The highest BCUT2D eigenvalue weighted by molar-refractivity contribution is 5.22. The number of unbranched alkanes of at least 4 members (excludes halogenated alkanes) is 1. The summed E-state index contributed by atoms with van der Waals surface area (Å²) in [7, 11) is 0. The number of rotatable bonds is 6. The number of aliphatic hydroxyl groups excluding tert-OH is 1. The monoisotopic (exact) mass is 258 g/mol. The minimum atomic E-state index is -1.53. The standard InChI is InChI=1S/C12H13F3N2O/c13-9-5-8(6-10(14)12(9)15)11(7-18)17-4-2-1-3-16/h5-6,11,17-18H,1-2,4,7H2/t11-/m0/s1. The Hall–Kier alpha value is -1.58. The van der Waals surface area contributed by atoms with Crippen LogP contribution in [0.4, 0.5) is 13.2 Å². The normalized spacial score (nSPS) is 12.2. The van der Waals surface area contributed by atoms with E-state index in [-0.39, 0.29) is 12.2 Å². The number of halogens is 3. The number of benzene rings is 1. The zero-order valence-corrected chi connectivity index (χ0v) is 9.59. The first-order chi connectivity index (χ1) is 8.60. The average Bonchev–Trinajstić information content (AvgIpc) is 2.35. The molecule has 0 aliphatic rings. The fourth-order valence-corrected chi connectivity index (χ4v) is 1.51.